The Labute approximate surface area is 183 Å². The van der Waals surface area contributed by atoms with E-state index in [0.717, 1.165) is 28.7 Å². The summed E-state index contributed by atoms with van der Waals surface area (Å²) in [4.78, 5) is 11.9. The molecule has 0 radical (unpaired) electrons. The highest BCUT2D eigenvalue weighted by Gasteiger charge is 2.33. The van der Waals surface area contributed by atoms with Crippen molar-refractivity contribution in [3.8, 4) is 5.88 Å². The number of alkyl halides is 3. The maximum absolute atomic E-state index is 12.6. The topological polar surface area (TPSA) is 71.4 Å². The van der Waals surface area contributed by atoms with Gasteiger partial charge in [-0.3, -0.25) is 4.99 Å². The van der Waals surface area contributed by atoms with Crippen molar-refractivity contribution in [1.82, 2.24) is 20.6 Å². The van der Waals surface area contributed by atoms with Crippen molar-refractivity contribution in [3.05, 3.63) is 40.0 Å². The maximum Gasteiger partial charge on any atom is 0.434 e. The molecule has 0 aromatic carbocycles. The number of nitrogens with zero attached hydrogens (tertiary/aromatic N) is 3. The number of ether oxygens (including phenoxy) is 1. The minimum atomic E-state index is -4.40. The average molecular weight is 529 g/mol. The van der Waals surface area contributed by atoms with Crippen LogP contribution in [0.4, 0.5) is 13.2 Å². The van der Waals surface area contributed by atoms with Crippen LogP contribution < -0.4 is 15.4 Å². The molecule has 2 N–H and O–H groups in total. The molecule has 156 valence electrons. The molecule has 0 saturated heterocycles. The number of pyridine rings is 1. The van der Waals surface area contributed by atoms with Crippen LogP contribution >= 0.6 is 35.3 Å². The minimum absolute atomic E-state index is 0. The number of aromatic nitrogens is 2. The zero-order valence-corrected chi connectivity index (χ0v) is 18.7. The molecule has 11 heteroatoms. The third-order valence-electron chi connectivity index (χ3n) is 3.44. The molecule has 2 rings (SSSR count). The third-order valence-corrected chi connectivity index (χ3v) is 4.34. The molecule has 0 bridgehead atoms. The van der Waals surface area contributed by atoms with Crippen LogP contribution in [-0.4, -0.2) is 36.1 Å². The Balaban J connectivity index is 0.00000392. The molecule has 2 aromatic rings. The molecule has 0 aliphatic carbocycles. The number of rotatable bonds is 8. The van der Waals surface area contributed by atoms with Gasteiger partial charge >= 0.3 is 6.18 Å². The van der Waals surface area contributed by atoms with E-state index >= 15 is 0 Å². The fraction of sp³-hybridized carbons (Fsp3) is 0.471. The fourth-order valence-electron chi connectivity index (χ4n) is 2.13. The number of nitrogens with one attached hydrogen (secondary N) is 2. The van der Waals surface area contributed by atoms with E-state index in [1.165, 1.54) is 0 Å². The van der Waals surface area contributed by atoms with Crippen molar-refractivity contribution in [1.29, 1.82) is 0 Å². The van der Waals surface area contributed by atoms with Crippen LogP contribution in [0.5, 0.6) is 5.88 Å². The molecule has 6 nitrogen and oxygen atoms in total. The molecule has 0 unspecified atom stereocenters. The first-order valence-corrected chi connectivity index (χ1v) is 9.34. The van der Waals surface area contributed by atoms with E-state index in [0.29, 0.717) is 43.0 Å². The average Bonchev–Trinajstić information content (AvgIpc) is 3.13. The van der Waals surface area contributed by atoms with E-state index in [1.54, 1.807) is 13.2 Å². The summed E-state index contributed by atoms with van der Waals surface area (Å²) in [6.45, 7) is 3.48. The lowest BCUT2D eigenvalue weighted by molar-refractivity contribution is -0.140. The van der Waals surface area contributed by atoms with Gasteiger partial charge in [-0.1, -0.05) is 13.0 Å². The zero-order valence-electron chi connectivity index (χ0n) is 15.5. The van der Waals surface area contributed by atoms with Crippen LogP contribution in [0.1, 0.15) is 29.6 Å². The Morgan fingerprint density at radius 2 is 2.11 bits per heavy atom. The molecule has 0 aliphatic heterocycles. The molecule has 0 fully saturated rings. The predicted molar refractivity (Wildman–Crippen MR) is 114 cm³/mol. The van der Waals surface area contributed by atoms with Gasteiger partial charge in [0.15, 0.2) is 11.7 Å². The lowest BCUT2D eigenvalue weighted by Crippen LogP contribution is -2.38. The number of thiazole rings is 1. The fourth-order valence-corrected chi connectivity index (χ4v) is 2.94. The standard InChI is InChI=1S/C17H22F3N5OS.HI/c1-3-9-26-15-12(5-4-7-22-15)10-24-16(21-2)23-8-6-14-25-13(11-27-14)17(18,19)20;/h4-5,7,11H,3,6,8-10H2,1-2H3,(H2,21,23,24);1H. The van der Waals surface area contributed by atoms with Gasteiger partial charge in [-0.05, 0) is 12.5 Å². The molecular weight excluding hydrogens is 506 g/mol. The van der Waals surface area contributed by atoms with Crippen molar-refractivity contribution < 1.29 is 17.9 Å². The normalized spacial score (nSPS) is 11.7. The summed E-state index contributed by atoms with van der Waals surface area (Å²) < 4.78 is 43.3. The molecule has 0 spiro atoms. The van der Waals surface area contributed by atoms with Crippen molar-refractivity contribution >= 4 is 41.3 Å². The Kier molecular flexibility index (Phi) is 10.5. The number of hydrogen-bond donors (Lipinski definition) is 2. The van der Waals surface area contributed by atoms with Crippen molar-refractivity contribution in [2.75, 3.05) is 20.2 Å². The van der Waals surface area contributed by atoms with Gasteiger partial charge in [-0.25, -0.2) is 9.97 Å². The summed E-state index contributed by atoms with van der Waals surface area (Å²) in [5.41, 5.74) is 0.0461. The Morgan fingerprint density at radius 1 is 1.32 bits per heavy atom. The summed E-state index contributed by atoms with van der Waals surface area (Å²) in [5, 5.41) is 7.66. The lowest BCUT2D eigenvalue weighted by Gasteiger charge is -2.13. The second kappa shape index (κ2) is 12.0. The first-order chi connectivity index (χ1) is 12.9. The maximum atomic E-state index is 12.6. The Hall–Kier alpha value is -1.63. The molecule has 2 heterocycles. The van der Waals surface area contributed by atoms with E-state index in [4.69, 9.17) is 4.74 Å². The van der Waals surface area contributed by atoms with E-state index < -0.39 is 11.9 Å². The monoisotopic (exact) mass is 529 g/mol. The first-order valence-electron chi connectivity index (χ1n) is 8.46. The molecule has 0 amide bonds. The van der Waals surface area contributed by atoms with Crippen LogP contribution in [0.15, 0.2) is 28.7 Å². The molecule has 0 atom stereocenters. The highest BCUT2D eigenvalue weighted by Crippen LogP contribution is 2.30. The summed E-state index contributed by atoms with van der Waals surface area (Å²) in [5.74, 6) is 1.11. The number of guanidine groups is 1. The molecule has 0 aliphatic rings. The summed E-state index contributed by atoms with van der Waals surface area (Å²) in [7, 11) is 1.62. The highest BCUT2D eigenvalue weighted by atomic mass is 127. The minimum Gasteiger partial charge on any atom is -0.477 e. The van der Waals surface area contributed by atoms with Crippen molar-refractivity contribution in [2.24, 2.45) is 4.99 Å². The third kappa shape index (κ3) is 7.78. The van der Waals surface area contributed by atoms with Gasteiger partial charge < -0.3 is 15.4 Å². The van der Waals surface area contributed by atoms with Gasteiger partial charge in [-0.2, -0.15) is 13.2 Å². The van der Waals surface area contributed by atoms with E-state index in [2.05, 4.69) is 25.6 Å². The van der Waals surface area contributed by atoms with Crippen LogP contribution in [-0.2, 0) is 19.1 Å². The van der Waals surface area contributed by atoms with E-state index in [1.807, 2.05) is 19.1 Å². The number of hydrogen-bond acceptors (Lipinski definition) is 5. The largest absolute Gasteiger partial charge is 0.477 e. The number of aliphatic imine (C=N–C) groups is 1. The first kappa shape index (κ1) is 24.4. The second-order valence-electron chi connectivity index (χ2n) is 5.54. The predicted octanol–water partition coefficient (Wildman–Crippen LogP) is 3.87. The highest BCUT2D eigenvalue weighted by molar-refractivity contribution is 14.0. The van der Waals surface area contributed by atoms with E-state index in [-0.39, 0.29) is 24.0 Å². The molecular formula is C17H23F3IN5OS. The lowest BCUT2D eigenvalue weighted by atomic mass is 10.2. The van der Waals surface area contributed by atoms with E-state index in [9.17, 15) is 13.2 Å². The molecule has 28 heavy (non-hydrogen) atoms. The molecule has 0 saturated carbocycles. The van der Waals surface area contributed by atoms with Crippen LogP contribution in [0, 0.1) is 0 Å². The van der Waals surface area contributed by atoms with Crippen LogP contribution in [0.2, 0.25) is 0 Å². The van der Waals surface area contributed by atoms with Gasteiger partial charge in [0.2, 0.25) is 5.88 Å². The Morgan fingerprint density at radius 3 is 2.75 bits per heavy atom. The Bertz CT molecular complexity index is 754. The zero-order chi connectivity index (χ0) is 19.7. The summed E-state index contributed by atoms with van der Waals surface area (Å²) in [6.07, 6.45) is -1.47. The molecule has 2 aromatic heterocycles. The second-order valence-corrected chi connectivity index (χ2v) is 6.49. The van der Waals surface area contributed by atoms with Crippen molar-refractivity contribution in [2.45, 2.75) is 32.5 Å². The van der Waals surface area contributed by atoms with Gasteiger partial charge in [0, 0.05) is 43.7 Å². The van der Waals surface area contributed by atoms with Crippen molar-refractivity contribution in [3.63, 3.8) is 0 Å². The smallest absolute Gasteiger partial charge is 0.434 e. The number of halogens is 4. The van der Waals surface area contributed by atoms with Gasteiger partial charge in [0.1, 0.15) is 0 Å². The van der Waals surface area contributed by atoms with Gasteiger partial charge in [0.05, 0.1) is 11.6 Å². The summed E-state index contributed by atoms with van der Waals surface area (Å²) in [6, 6.07) is 3.74. The van der Waals surface area contributed by atoms with Crippen LogP contribution in [0.3, 0.4) is 0 Å². The van der Waals surface area contributed by atoms with Crippen LogP contribution in [0.25, 0.3) is 0 Å². The summed E-state index contributed by atoms with van der Waals surface area (Å²) >= 11 is 0.999. The van der Waals surface area contributed by atoms with Gasteiger partial charge in [0.25, 0.3) is 0 Å². The van der Waals surface area contributed by atoms with Gasteiger partial charge in [-0.15, -0.1) is 35.3 Å². The quantitative estimate of drug-likeness (QED) is 0.309. The SMILES string of the molecule is CCCOc1ncccc1CNC(=NC)NCCc1nc(C(F)(F)F)cs1.I.